The van der Waals surface area contributed by atoms with E-state index in [0.29, 0.717) is 12.5 Å². The number of nitrogens with zero attached hydrogens (tertiary/aromatic N) is 1. The molecule has 1 fully saturated rings. The van der Waals surface area contributed by atoms with Gasteiger partial charge in [-0.15, -0.1) is 0 Å². The monoisotopic (exact) mass is 182 g/mol. The Bertz CT molecular complexity index is 266. The molecule has 1 aliphatic heterocycles. The molecule has 0 bridgehead atoms. The Labute approximate surface area is 77.0 Å². The molecule has 0 spiro atoms. The second kappa shape index (κ2) is 3.89. The third-order valence-electron chi connectivity index (χ3n) is 2.43. The Hall–Kier alpha value is -0.870. The Kier molecular flexibility index (Phi) is 2.61. The normalized spacial score (nSPS) is 23.3. The molecule has 0 amide bonds. The molecule has 2 heterocycles. The molecular formula is C9H14N2O2. The lowest BCUT2D eigenvalue weighted by molar-refractivity contribution is 0.0718. The molecule has 0 aromatic carbocycles. The quantitative estimate of drug-likeness (QED) is 0.742. The lowest BCUT2D eigenvalue weighted by Gasteiger charge is -2.20. The van der Waals surface area contributed by atoms with E-state index in [0.717, 1.165) is 37.4 Å². The zero-order valence-corrected chi connectivity index (χ0v) is 7.53. The molecule has 2 rings (SSSR count). The van der Waals surface area contributed by atoms with Crippen LogP contribution in [0.3, 0.4) is 0 Å². The number of hydrogen-bond acceptors (Lipinski definition) is 4. The molecule has 4 heteroatoms. The smallest absolute Gasteiger partial charge is 0.146 e. The Morgan fingerprint density at radius 2 is 2.54 bits per heavy atom. The zero-order chi connectivity index (χ0) is 9.10. The number of ether oxygens (including phenoxy) is 1. The van der Waals surface area contributed by atoms with Gasteiger partial charge in [0.2, 0.25) is 0 Å². The van der Waals surface area contributed by atoms with Gasteiger partial charge in [0.15, 0.2) is 0 Å². The minimum Gasteiger partial charge on any atom is -0.381 e. The van der Waals surface area contributed by atoms with Crippen molar-refractivity contribution >= 4 is 0 Å². The summed E-state index contributed by atoms with van der Waals surface area (Å²) in [5, 5.41) is 3.76. The van der Waals surface area contributed by atoms with Gasteiger partial charge in [-0.1, -0.05) is 5.16 Å². The lowest BCUT2D eigenvalue weighted by atomic mass is 9.97. The van der Waals surface area contributed by atoms with E-state index >= 15 is 0 Å². The fourth-order valence-electron chi connectivity index (χ4n) is 1.71. The Morgan fingerprint density at radius 1 is 1.62 bits per heavy atom. The SMILES string of the molecule is NCc1cnoc1C1CCCOC1. The molecule has 0 aliphatic carbocycles. The fourth-order valence-corrected chi connectivity index (χ4v) is 1.71. The van der Waals surface area contributed by atoms with Gasteiger partial charge in [-0.25, -0.2) is 0 Å². The van der Waals surface area contributed by atoms with Crippen LogP contribution in [-0.4, -0.2) is 18.4 Å². The average Bonchev–Trinajstić information content (AvgIpc) is 2.67. The fraction of sp³-hybridized carbons (Fsp3) is 0.667. The maximum Gasteiger partial charge on any atom is 0.146 e. The summed E-state index contributed by atoms with van der Waals surface area (Å²) in [6.07, 6.45) is 3.90. The van der Waals surface area contributed by atoms with Crippen LogP contribution in [-0.2, 0) is 11.3 Å². The van der Waals surface area contributed by atoms with Crippen LogP contribution in [0.1, 0.15) is 30.1 Å². The lowest BCUT2D eigenvalue weighted by Crippen LogP contribution is -2.16. The van der Waals surface area contributed by atoms with Crippen LogP contribution in [0.25, 0.3) is 0 Å². The topological polar surface area (TPSA) is 61.3 Å². The minimum absolute atomic E-state index is 0.356. The van der Waals surface area contributed by atoms with Crippen LogP contribution in [0.4, 0.5) is 0 Å². The summed E-state index contributed by atoms with van der Waals surface area (Å²) < 4.78 is 10.6. The summed E-state index contributed by atoms with van der Waals surface area (Å²) in [5.41, 5.74) is 6.57. The second-order valence-electron chi connectivity index (χ2n) is 3.33. The van der Waals surface area contributed by atoms with E-state index < -0.39 is 0 Å². The first-order valence-corrected chi connectivity index (χ1v) is 4.63. The number of rotatable bonds is 2. The predicted octanol–water partition coefficient (Wildman–Crippen LogP) is 1.03. The van der Waals surface area contributed by atoms with Gasteiger partial charge in [0.1, 0.15) is 5.76 Å². The highest BCUT2D eigenvalue weighted by molar-refractivity contribution is 5.17. The van der Waals surface area contributed by atoms with Crippen molar-refractivity contribution in [2.45, 2.75) is 25.3 Å². The van der Waals surface area contributed by atoms with E-state index in [1.165, 1.54) is 0 Å². The number of nitrogens with two attached hydrogens (primary N) is 1. The zero-order valence-electron chi connectivity index (χ0n) is 7.53. The van der Waals surface area contributed by atoms with Gasteiger partial charge >= 0.3 is 0 Å². The molecular weight excluding hydrogens is 168 g/mol. The summed E-state index contributed by atoms with van der Waals surface area (Å²) in [6.45, 7) is 2.10. The van der Waals surface area contributed by atoms with E-state index in [9.17, 15) is 0 Å². The van der Waals surface area contributed by atoms with E-state index in [1.807, 2.05) is 0 Å². The maximum absolute atomic E-state index is 5.56. The first kappa shape index (κ1) is 8.72. The van der Waals surface area contributed by atoms with Crippen molar-refractivity contribution in [3.8, 4) is 0 Å². The first-order chi connectivity index (χ1) is 6.42. The third kappa shape index (κ3) is 1.73. The van der Waals surface area contributed by atoms with E-state index in [4.69, 9.17) is 15.0 Å². The summed E-state index contributed by atoms with van der Waals surface area (Å²) in [5.74, 6) is 1.27. The molecule has 1 unspecified atom stereocenters. The molecule has 1 aromatic heterocycles. The molecule has 1 aliphatic rings. The van der Waals surface area contributed by atoms with Crippen LogP contribution >= 0.6 is 0 Å². The van der Waals surface area contributed by atoms with Crippen LogP contribution in [0.15, 0.2) is 10.7 Å². The van der Waals surface area contributed by atoms with Gasteiger partial charge in [0.25, 0.3) is 0 Å². The maximum atomic E-state index is 5.56. The van der Waals surface area contributed by atoms with Gasteiger partial charge in [0, 0.05) is 24.6 Å². The molecule has 4 nitrogen and oxygen atoms in total. The number of aromatic nitrogens is 1. The predicted molar refractivity (Wildman–Crippen MR) is 47.2 cm³/mol. The van der Waals surface area contributed by atoms with Gasteiger partial charge < -0.3 is 15.0 Å². The summed E-state index contributed by atoms with van der Waals surface area (Å²) in [6, 6.07) is 0. The van der Waals surface area contributed by atoms with Crippen LogP contribution in [0.2, 0.25) is 0 Å². The standard InChI is InChI=1S/C9H14N2O2/c10-4-8-5-11-13-9(8)7-2-1-3-12-6-7/h5,7H,1-4,6,10H2. The highest BCUT2D eigenvalue weighted by Gasteiger charge is 2.22. The molecule has 2 N–H and O–H groups in total. The highest BCUT2D eigenvalue weighted by Crippen LogP contribution is 2.27. The van der Waals surface area contributed by atoms with Gasteiger partial charge in [-0.2, -0.15) is 0 Å². The first-order valence-electron chi connectivity index (χ1n) is 4.63. The molecule has 72 valence electrons. The van der Waals surface area contributed by atoms with Crippen molar-refractivity contribution in [3.05, 3.63) is 17.5 Å². The molecule has 1 atom stereocenters. The minimum atomic E-state index is 0.356. The largest absolute Gasteiger partial charge is 0.381 e. The van der Waals surface area contributed by atoms with Crippen molar-refractivity contribution < 1.29 is 9.26 Å². The summed E-state index contributed by atoms with van der Waals surface area (Å²) in [4.78, 5) is 0. The summed E-state index contributed by atoms with van der Waals surface area (Å²) >= 11 is 0. The van der Waals surface area contributed by atoms with Gasteiger partial charge in [-0.05, 0) is 12.8 Å². The third-order valence-corrected chi connectivity index (χ3v) is 2.43. The van der Waals surface area contributed by atoms with Gasteiger partial charge in [0.05, 0.1) is 12.8 Å². The molecule has 1 aromatic rings. The van der Waals surface area contributed by atoms with E-state index in [2.05, 4.69) is 5.16 Å². The van der Waals surface area contributed by atoms with Crippen molar-refractivity contribution in [1.29, 1.82) is 0 Å². The number of hydrogen-bond donors (Lipinski definition) is 1. The van der Waals surface area contributed by atoms with Crippen molar-refractivity contribution in [1.82, 2.24) is 5.16 Å². The van der Waals surface area contributed by atoms with Crippen LogP contribution < -0.4 is 5.73 Å². The van der Waals surface area contributed by atoms with Crippen molar-refractivity contribution in [2.75, 3.05) is 13.2 Å². The van der Waals surface area contributed by atoms with E-state index in [-0.39, 0.29) is 0 Å². The molecule has 0 saturated carbocycles. The highest BCUT2D eigenvalue weighted by atomic mass is 16.5. The van der Waals surface area contributed by atoms with Gasteiger partial charge in [-0.3, -0.25) is 0 Å². The Morgan fingerprint density at radius 3 is 3.23 bits per heavy atom. The van der Waals surface area contributed by atoms with Crippen molar-refractivity contribution in [2.24, 2.45) is 5.73 Å². The van der Waals surface area contributed by atoms with E-state index in [1.54, 1.807) is 6.20 Å². The molecule has 13 heavy (non-hydrogen) atoms. The Balaban J connectivity index is 2.13. The summed E-state index contributed by atoms with van der Waals surface area (Å²) in [7, 11) is 0. The van der Waals surface area contributed by atoms with Crippen LogP contribution in [0.5, 0.6) is 0 Å². The second-order valence-corrected chi connectivity index (χ2v) is 3.33. The van der Waals surface area contributed by atoms with Crippen LogP contribution in [0, 0.1) is 0 Å². The molecule has 0 radical (unpaired) electrons. The molecule has 1 saturated heterocycles. The average molecular weight is 182 g/mol. The van der Waals surface area contributed by atoms with Crippen molar-refractivity contribution in [3.63, 3.8) is 0 Å².